The van der Waals surface area contributed by atoms with E-state index in [1.54, 1.807) is 6.07 Å². The highest BCUT2D eigenvalue weighted by Crippen LogP contribution is 2.30. The zero-order valence-electron chi connectivity index (χ0n) is 10.7. The summed E-state index contributed by atoms with van der Waals surface area (Å²) < 4.78 is 43.0. The van der Waals surface area contributed by atoms with E-state index < -0.39 is 11.7 Å². The number of halogens is 3. The molecule has 1 fully saturated rings. The molecule has 4 nitrogen and oxygen atoms in total. The molecule has 0 saturated carbocycles. The number of ether oxygens (including phenoxy) is 1. The molecule has 1 heterocycles. The lowest BCUT2D eigenvalue weighted by atomic mass is 10.1. The van der Waals surface area contributed by atoms with Crippen LogP contribution in [-0.4, -0.2) is 36.6 Å². The highest BCUT2D eigenvalue weighted by molar-refractivity contribution is 5.78. The van der Waals surface area contributed by atoms with Crippen LogP contribution in [0, 0.1) is 0 Å². The van der Waals surface area contributed by atoms with Gasteiger partial charge in [-0.1, -0.05) is 12.1 Å². The van der Waals surface area contributed by atoms with Crippen molar-refractivity contribution in [2.45, 2.75) is 18.8 Å². The topological polar surface area (TPSA) is 55.6 Å². The molecule has 0 aliphatic carbocycles. The van der Waals surface area contributed by atoms with Gasteiger partial charge in [-0.3, -0.25) is 4.79 Å². The Morgan fingerprint density at radius 1 is 1.40 bits per heavy atom. The molecule has 1 aromatic carbocycles. The minimum Gasteiger partial charge on any atom is -0.369 e. The zero-order chi connectivity index (χ0) is 14.8. The molecule has 0 bridgehead atoms. The fraction of sp³-hybridized carbons (Fsp3) is 0.462. The molecule has 110 valence electrons. The molecule has 1 aliphatic rings. The van der Waals surface area contributed by atoms with Crippen LogP contribution >= 0.6 is 0 Å². The average Bonchev–Trinajstić information content (AvgIpc) is 2.40. The van der Waals surface area contributed by atoms with Gasteiger partial charge >= 0.3 is 6.18 Å². The van der Waals surface area contributed by atoms with Crippen LogP contribution < -0.4 is 5.73 Å². The summed E-state index contributed by atoms with van der Waals surface area (Å²) in [5.41, 5.74) is 5.26. The molecule has 0 spiro atoms. The Hall–Kier alpha value is -1.60. The minimum absolute atomic E-state index is 0.0601. The van der Waals surface area contributed by atoms with Crippen LogP contribution in [0.15, 0.2) is 24.3 Å². The number of nitrogens with two attached hydrogens (primary N) is 1. The van der Waals surface area contributed by atoms with Crippen LogP contribution in [0.3, 0.4) is 0 Å². The minimum atomic E-state index is -4.39. The molecule has 0 radical (unpaired) electrons. The first-order chi connectivity index (χ1) is 9.41. The highest BCUT2D eigenvalue weighted by atomic mass is 19.4. The summed E-state index contributed by atoms with van der Waals surface area (Å²) in [5.74, 6) is -0.260. The van der Waals surface area contributed by atoms with Gasteiger partial charge < -0.3 is 15.4 Å². The van der Waals surface area contributed by atoms with E-state index >= 15 is 0 Å². The van der Waals surface area contributed by atoms with E-state index in [1.165, 1.54) is 11.0 Å². The Morgan fingerprint density at radius 2 is 2.15 bits per heavy atom. The molecule has 2 N–H and O–H groups in total. The summed E-state index contributed by atoms with van der Waals surface area (Å²) in [6.07, 6.45) is -4.39. The molecule has 1 aliphatic heterocycles. The lowest BCUT2D eigenvalue weighted by molar-refractivity contribution is -0.148. The molecule has 7 heteroatoms. The van der Waals surface area contributed by atoms with E-state index in [4.69, 9.17) is 10.5 Å². The van der Waals surface area contributed by atoms with Crippen molar-refractivity contribution in [1.29, 1.82) is 0 Å². The maximum Gasteiger partial charge on any atom is 0.416 e. The lowest BCUT2D eigenvalue weighted by Crippen LogP contribution is -2.52. The number of carbonyl (C=O) groups excluding carboxylic acids is 1. The van der Waals surface area contributed by atoms with Crippen LogP contribution in [0.4, 0.5) is 13.2 Å². The Bertz CT molecular complexity index is 491. The number of alkyl halides is 3. The predicted octanol–water partition coefficient (Wildman–Crippen LogP) is 1.39. The Morgan fingerprint density at radius 3 is 2.80 bits per heavy atom. The third-order valence-corrected chi connectivity index (χ3v) is 3.18. The summed E-state index contributed by atoms with van der Waals surface area (Å²) in [7, 11) is 0. The number of hydrogen-bond acceptors (Lipinski definition) is 3. The van der Waals surface area contributed by atoms with Gasteiger partial charge in [0.1, 0.15) is 6.61 Å². The van der Waals surface area contributed by atoms with Crippen molar-refractivity contribution in [3.63, 3.8) is 0 Å². The maximum atomic E-state index is 12.6. The molecule has 2 rings (SSSR count). The fourth-order valence-electron chi connectivity index (χ4n) is 2.11. The van der Waals surface area contributed by atoms with Gasteiger partial charge in [0.15, 0.2) is 0 Å². The van der Waals surface area contributed by atoms with Gasteiger partial charge in [-0.15, -0.1) is 0 Å². The Balaban J connectivity index is 2.18. The van der Waals surface area contributed by atoms with Gasteiger partial charge in [0.25, 0.3) is 0 Å². The van der Waals surface area contributed by atoms with E-state index in [0.717, 1.165) is 12.1 Å². The summed E-state index contributed by atoms with van der Waals surface area (Å²) >= 11 is 0. The third kappa shape index (κ3) is 3.29. The van der Waals surface area contributed by atoms with Gasteiger partial charge in [0, 0.05) is 13.1 Å². The van der Waals surface area contributed by atoms with Crippen LogP contribution in [0.1, 0.15) is 11.1 Å². The normalized spacial score (nSPS) is 20.3. The second kappa shape index (κ2) is 5.80. The monoisotopic (exact) mass is 288 g/mol. The molecule has 1 unspecified atom stereocenters. The van der Waals surface area contributed by atoms with Gasteiger partial charge in [-0.2, -0.15) is 13.2 Å². The van der Waals surface area contributed by atoms with E-state index in [0.29, 0.717) is 12.2 Å². The van der Waals surface area contributed by atoms with Gasteiger partial charge in [-0.25, -0.2) is 0 Å². The summed E-state index contributed by atoms with van der Waals surface area (Å²) in [6.45, 7) is 0.565. The quantitative estimate of drug-likeness (QED) is 0.914. The van der Waals surface area contributed by atoms with E-state index in [9.17, 15) is 18.0 Å². The molecule has 1 atom stereocenters. The predicted molar refractivity (Wildman–Crippen MR) is 65.7 cm³/mol. The van der Waals surface area contributed by atoms with Crippen LogP contribution in [0.5, 0.6) is 0 Å². The standard InChI is InChI=1S/C13H15F3N2O2/c14-13(15,16)10-3-1-2-9(4-10)6-18-11(5-17)7-20-8-12(18)19/h1-4,11H,5-8,17H2. The summed E-state index contributed by atoms with van der Waals surface area (Å²) in [5, 5.41) is 0. The summed E-state index contributed by atoms with van der Waals surface area (Å²) in [6, 6.07) is 4.65. The Labute approximate surface area is 114 Å². The van der Waals surface area contributed by atoms with Gasteiger partial charge in [-0.05, 0) is 17.7 Å². The fourth-order valence-corrected chi connectivity index (χ4v) is 2.11. The molecular weight excluding hydrogens is 273 g/mol. The molecule has 1 aromatic rings. The van der Waals surface area contributed by atoms with Crippen molar-refractivity contribution in [3.05, 3.63) is 35.4 Å². The van der Waals surface area contributed by atoms with Crippen LogP contribution in [-0.2, 0) is 22.3 Å². The van der Waals surface area contributed by atoms with Crippen molar-refractivity contribution >= 4 is 5.91 Å². The van der Waals surface area contributed by atoms with E-state index in [-0.39, 0.29) is 31.6 Å². The second-order valence-electron chi connectivity index (χ2n) is 4.62. The van der Waals surface area contributed by atoms with Crippen molar-refractivity contribution in [3.8, 4) is 0 Å². The Kier molecular flexibility index (Phi) is 4.29. The number of hydrogen-bond donors (Lipinski definition) is 1. The first-order valence-electron chi connectivity index (χ1n) is 6.15. The van der Waals surface area contributed by atoms with Crippen molar-refractivity contribution in [1.82, 2.24) is 4.90 Å². The number of nitrogens with zero attached hydrogens (tertiary/aromatic N) is 1. The van der Waals surface area contributed by atoms with Crippen molar-refractivity contribution in [2.24, 2.45) is 5.73 Å². The molecule has 20 heavy (non-hydrogen) atoms. The van der Waals surface area contributed by atoms with Gasteiger partial charge in [0.2, 0.25) is 5.91 Å². The van der Waals surface area contributed by atoms with Crippen LogP contribution in [0.25, 0.3) is 0 Å². The number of morpholine rings is 1. The lowest BCUT2D eigenvalue weighted by Gasteiger charge is -2.34. The number of amides is 1. The molecule has 1 amide bonds. The molecule has 0 aromatic heterocycles. The van der Waals surface area contributed by atoms with Crippen LogP contribution in [0.2, 0.25) is 0 Å². The number of rotatable bonds is 3. The van der Waals surface area contributed by atoms with E-state index in [2.05, 4.69) is 0 Å². The average molecular weight is 288 g/mol. The smallest absolute Gasteiger partial charge is 0.369 e. The summed E-state index contributed by atoms with van der Waals surface area (Å²) in [4.78, 5) is 13.2. The SMILES string of the molecule is NCC1COCC(=O)N1Cc1cccc(C(F)(F)F)c1. The van der Waals surface area contributed by atoms with Crippen molar-refractivity contribution in [2.75, 3.05) is 19.8 Å². The molecule has 1 saturated heterocycles. The zero-order valence-corrected chi connectivity index (χ0v) is 10.7. The number of benzene rings is 1. The largest absolute Gasteiger partial charge is 0.416 e. The first kappa shape index (κ1) is 14.8. The number of carbonyl (C=O) groups is 1. The van der Waals surface area contributed by atoms with Gasteiger partial charge in [0.05, 0.1) is 18.2 Å². The first-order valence-corrected chi connectivity index (χ1v) is 6.15. The van der Waals surface area contributed by atoms with E-state index in [1.807, 2.05) is 0 Å². The highest BCUT2D eigenvalue weighted by Gasteiger charge is 2.31. The second-order valence-corrected chi connectivity index (χ2v) is 4.62. The third-order valence-electron chi connectivity index (χ3n) is 3.18. The molecular formula is C13H15F3N2O2. The van der Waals surface area contributed by atoms with Crippen molar-refractivity contribution < 1.29 is 22.7 Å². The maximum absolute atomic E-state index is 12.6.